The van der Waals surface area contributed by atoms with E-state index in [0.29, 0.717) is 12.4 Å². The van der Waals surface area contributed by atoms with Gasteiger partial charge in [0.05, 0.1) is 12.9 Å². The van der Waals surface area contributed by atoms with Crippen LogP contribution in [0.15, 0.2) is 6.20 Å². The Bertz CT molecular complexity index is 291. The number of hydrogen-bond acceptors (Lipinski definition) is 3. The van der Waals surface area contributed by atoms with E-state index in [0.717, 1.165) is 18.5 Å². The minimum atomic E-state index is 0.644. The van der Waals surface area contributed by atoms with Crippen LogP contribution in [0.1, 0.15) is 23.2 Å². The van der Waals surface area contributed by atoms with Crippen LogP contribution in [0.25, 0.3) is 0 Å². The number of nitrogens with zero attached hydrogens (tertiary/aromatic N) is 3. The van der Waals surface area contributed by atoms with Crippen LogP contribution in [0.3, 0.4) is 0 Å². The molecule has 1 aromatic rings. The molecule has 72 valence electrons. The lowest BCUT2D eigenvalue weighted by Gasteiger charge is -2.13. The summed E-state index contributed by atoms with van der Waals surface area (Å²) >= 11 is 0. The SMILES string of the molecule is CCc1ncc(C=O)n1CN(C)C. The van der Waals surface area contributed by atoms with Gasteiger partial charge in [-0.2, -0.15) is 0 Å². The van der Waals surface area contributed by atoms with E-state index in [9.17, 15) is 4.79 Å². The van der Waals surface area contributed by atoms with E-state index in [1.54, 1.807) is 6.20 Å². The summed E-state index contributed by atoms with van der Waals surface area (Å²) in [5, 5.41) is 0. The number of imidazole rings is 1. The van der Waals surface area contributed by atoms with Gasteiger partial charge in [-0.15, -0.1) is 0 Å². The molecular weight excluding hydrogens is 166 g/mol. The normalized spacial score (nSPS) is 10.8. The van der Waals surface area contributed by atoms with E-state index in [1.807, 2.05) is 30.5 Å². The maximum Gasteiger partial charge on any atom is 0.168 e. The van der Waals surface area contributed by atoms with Crippen LogP contribution in [0.2, 0.25) is 0 Å². The largest absolute Gasteiger partial charge is 0.312 e. The van der Waals surface area contributed by atoms with E-state index in [2.05, 4.69) is 4.98 Å². The van der Waals surface area contributed by atoms with E-state index in [1.165, 1.54) is 0 Å². The summed E-state index contributed by atoms with van der Waals surface area (Å²) in [6.07, 6.45) is 3.31. The van der Waals surface area contributed by atoms with Crippen LogP contribution >= 0.6 is 0 Å². The standard InChI is InChI=1S/C9H15N3O/c1-4-9-10-5-8(6-13)12(9)7-11(2)3/h5-6H,4,7H2,1-3H3. The molecule has 4 nitrogen and oxygen atoms in total. The average molecular weight is 181 g/mol. The first-order valence-electron chi connectivity index (χ1n) is 4.33. The molecule has 0 saturated carbocycles. The molecule has 13 heavy (non-hydrogen) atoms. The Balaban J connectivity index is 2.97. The summed E-state index contributed by atoms with van der Waals surface area (Å²) in [5.74, 6) is 0.954. The Kier molecular flexibility index (Phi) is 3.19. The van der Waals surface area contributed by atoms with Crippen molar-refractivity contribution >= 4 is 6.29 Å². The Hall–Kier alpha value is -1.16. The highest BCUT2D eigenvalue weighted by molar-refractivity contribution is 5.71. The van der Waals surface area contributed by atoms with Gasteiger partial charge in [0.2, 0.25) is 0 Å². The van der Waals surface area contributed by atoms with Crippen molar-refractivity contribution in [3.63, 3.8) is 0 Å². The predicted molar refractivity (Wildman–Crippen MR) is 50.7 cm³/mol. The summed E-state index contributed by atoms with van der Waals surface area (Å²) < 4.78 is 1.92. The number of rotatable bonds is 4. The summed E-state index contributed by atoms with van der Waals surface area (Å²) in [7, 11) is 3.93. The zero-order chi connectivity index (χ0) is 9.84. The third kappa shape index (κ3) is 2.15. The van der Waals surface area contributed by atoms with Gasteiger partial charge in [0.25, 0.3) is 0 Å². The van der Waals surface area contributed by atoms with Crippen molar-refractivity contribution in [3.8, 4) is 0 Å². The third-order valence-corrected chi connectivity index (χ3v) is 1.83. The Labute approximate surface area is 78.2 Å². The summed E-state index contributed by atoms with van der Waals surface area (Å²) in [5.41, 5.74) is 0.644. The van der Waals surface area contributed by atoms with Gasteiger partial charge in [-0.1, -0.05) is 6.92 Å². The van der Waals surface area contributed by atoms with Crippen molar-refractivity contribution in [3.05, 3.63) is 17.7 Å². The van der Waals surface area contributed by atoms with Gasteiger partial charge in [0.1, 0.15) is 11.5 Å². The van der Waals surface area contributed by atoms with Gasteiger partial charge in [-0.25, -0.2) is 4.98 Å². The smallest absolute Gasteiger partial charge is 0.168 e. The molecule has 0 N–H and O–H groups in total. The third-order valence-electron chi connectivity index (χ3n) is 1.83. The fraction of sp³-hybridized carbons (Fsp3) is 0.556. The zero-order valence-corrected chi connectivity index (χ0v) is 8.32. The highest BCUT2D eigenvalue weighted by atomic mass is 16.1. The van der Waals surface area contributed by atoms with E-state index < -0.39 is 0 Å². The molecule has 1 rings (SSSR count). The van der Waals surface area contributed by atoms with E-state index >= 15 is 0 Å². The van der Waals surface area contributed by atoms with E-state index in [4.69, 9.17) is 0 Å². The molecule has 0 atom stereocenters. The molecule has 1 heterocycles. The molecule has 0 aliphatic heterocycles. The van der Waals surface area contributed by atoms with Gasteiger partial charge < -0.3 is 4.57 Å². The highest BCUT2D eigenvalue weighted by Crippen LogP contribution is 2.04. The Morgan fingerprint density at radius 2 is 2.31 bits per heavy atom. The van der Waals surface area contributed by atoms with Crippen LogP contribution in [0, 0.1) is 0 Å². The lowest BCUT2D eigenvalue weighted by Crippen LogP contribution is -2.20. The van der Waals surface area contributed by atoms with Crippen molar-refractivity contribution in [1.82, 2.24) is 14.5 Å². The fourth-order valence-corrected chi connectivity index (χ4v) is 1.25. The number of carbonyl (C=O) groups is 1. The van der Waals surface area contributed by atoms with Gasteiger partial charge in [-0.3, -0.25) is 9.69 Å². The molecule has 0 fully saturated rings. The molecule has 0 spiro atoms. The van der Waals surface area contributed by atoms with Crippen molar-refractivity contribution in [2.45, 2.75) is 20.0 Å². The minimum absolute atomic E-state index is 0.644. The Morgan fingerprint density at radius 3 is 2.77 bits per heavy atom. The lowest BCUT2D eigenvalue weighted by atomic mass is 10.4. The molecular formula is C9H15N3O. The van der Waals surface area contributed by atoms with Crippen LogP contribution in [-0.2, 0) is 13.1 Å². The first-order valence-corrected chi connectivity index (χ1v) is 4.33. The molecule has 0 aliphatic carbocycles. The maximum atomic E-state index is 10.7. The molecule has 4 heteroatoms. The number of aromatic nitrogens is 2. The highest BCUT2D eigenvalue weighted by Gasteiger charge is 2.07. The monoisotopic (exact) mass is 181 g/mol. The topological polar surface area (TPSA) is 38.1 Å². The summed E-state index contributed by atoms with van der Waals surface area (Å²) in [6.45, 7) is 2.74. The van der Waals surface area contributed by atoms with Crippen molar-refractivity contribution < 1.29 is 4.79 Å². The molecule has 0 unspecified atom stereocenters. The Morgan fingerprint density at radius 1 is 1.62 bits per heavy atom. The number of carbonyl (C=O) groups excluding carboxylic acids is 1. The molecule has 0 saturated heterocycles. The molecule has 0 bridgehead atoms. The molecule has 0 aromatic carbocycles. The molecule has 0 aliphatic rings. The second kappa shape index (κ2) is 4.18. The summed E-state index contributed by atoms with van der Waals surface area (Å²) in [6, 6.07) is 0. The second-order valence-electron chi connectivity index (χ2n) is 3.22. The van der Waals surface area contributed by atoms with Crippen molar-refractivity contribution in [2.75, 3.05) is 14.1 Å². The van der Waals surface area contributed by atoms with Crippen LogP contribution in [0.4, 0.5) is 0 Å². The number of hydrogen-bond donors (Lipinski definition) is 0. The predicted octanol–water partition coefficient (Wildman–Crippen LogP) is 0.777. The average Bonchev–Trinajstić information content (AvgIpc) is 2.46. The van der Waals surface area contributed by atoms with Gasteiger partial charge >= 0.3 is 0 Å². The summed E-state index contributed by atoms with van der Waals surface area (Å²) in [4.78, 5) is 16.8. The first-order chi connectivity index (χ1) is 6.19. The van der Waals surface area contributed by atoms with Crippen molar-refractivity contribution in [1.29, 1.82) is 0 Å². The number of aldehydes is 1. The van der Waals surface area contributed by atoms with E-state index in [-0.39, 0.29) is 0 Å². The molecule has 1 aromatic heterocycles. The number of aryl methyl sites for hydroxylation is 1. The van der Waals surface area contributed by atoms with Crippen LogP contribution < -0.4 is 0 Å². The van der Waals surface area contributed by atoms with Gasteiger partial charge in [0.15, 0.2) is 6.29 Å². The lowest BCUT2D eigenvalue weighted by molar-refractivity contribution is 0.111. The van der Waals surface area contributed by atoms with Crippen LogP contribution in [0.5, 0.6) is 0 Å². The first kappa shape index (κ1) is 9.92. The minimum Gasteiger partial charge on any atom is -0.312 e. The fourth-order valence-electron chi connectivity index (χ4n) is 1.25. The maximum absolute atomic E-state index is 10.7. The molecule has 0 amide bonds. The zero-order valence-electron chi connectivity index (χ0n) is 8.32. The van der Waals surface area contributed by atoms with Crippen LogP contribution in [-0.4, -0.2) is 34.8 Å². The second-order valence-corrected chi connectivity index (χ2v) is 3.22. The van der Waals surface area contributed by atoms with Gasteiger partial charge in [0, 0.05) is 6.42 Å². The van der Waals surface area contributed by atoms with Crippen molar-refractivity contribution in [2.24, 2.45) is 0 Å². The van der Waals surface area contributed by atoms with Gasteiger partial charge in [-0.05, 0) is 14.1 Å². The molecule has 0 radical (unpaired) electrons. The quantitative estimate of drug-likeness (QED) is 0.644.